The van der Waals surface area contributed by atoms with Crippen LogP contribution in [0.15, 0.2) is 47.5 Å². The van der Waals surface area contributed by atoms with Gasteiger partial charge in [0.2, 0.25) is 34.8 Å². The van der Waals surface area contributed by atoms with E-state index < -0.39 is 49.8 Å². The van der Waals surface area contributed by atoms with E-state index in [1.165, 1.54) is 25.4 Å². The maximum atomic E-state index is 13.9. The van der Waals surface area contributed by atoms with Gasteiger partial charge >= 0.3 is 10.1 Å². The molecule has 0 bridgehead atoms. The van der Waals surface area contributed by atoms with Crippen molar-refractivity contribution >= 4 is 32.5 Å². The summed E-state index contributed by atoms with van der Waals surface area (Å²) in [5, 5.41) is 8.89. The molecule has 4 aromatic rings. The van der Waals surface area contributed by atoms with Gasteiger partial charge in [-0.1, -0.05) is 17.7 Å². The summed E-state index contributed by atoms with van der Waals surface area (Å²) >= 11 is 5.97. The minimum absolute atomic E-state index is 0.212. The highest BCUT2D eigenvalue weighted by atomic mass is 35.5. The van der Waals surface area contributed by atoms with Crippen LogP contribution in [0.3, 0.4) is 0 Å². The predicted molar refractivity (Wildman–Crippen MR) is 111 cm³/mol. The molecule has 1 heterocycles. The monoisotopic (exact) mass is 516 g/mol. The Morgan fingerprint density at radius 3 is 2.18 bits per heavy atom. The molecular formula is C21H10ClF5N2O4S. The third kappa shape index (κ3) is 3.99. The SMILES string of the molecule is COc1cc(Cl)ccc1-c1nncc2cc(S(=O)(=O)Oc3c(F)c(F)c(F)c(F)c3F)ccc12. The molecular weight excluding hydrogens is 507 g/mol. The van der Waals surface area contributed by atoms with Crippen LogP contribution in [-0.2, 0) is 10.1 Å². The predicted octanol–water partition coefficient (Wildman–Crippen LogP) is 5.42. The van der Waals surface area contributed by atoms with Crippen LogP contribution >= 0.6 is 11.6 Å². The minimum atomic E-state index is -5.02. The third-order valence-electron chi connectivity index (χ3n) is 4.70. The van der Waals surface area contributed by atoms with Crippen LogP contribution in [-0.4, -0.2) is 25.7 Å². The fourth-order valence-corrected chi connectivity index (χ4v) is 4.23. The fraction of sp³-hybridized carbons (Fsp3) is 0.0476. The van der Waals surface area contributed by atoms with Crippen LogP contribution in [0.25, 0.3) is 22.0 Å². The molecule has 3 aromatic carbocycles. The molecule has 0 unspecified atom stereocenters. The van der Waals surface area contributed by atoms with E-state index in [1.807, 2.05) is 0 Å². The molecule has 0 aliphatic carbocycles. The van der Waals surface area contributed by atoms with Crippen LogP contribution in [0.4, 0.5) is 22.0 Å². The van der Waals surface area contributed by atoms with Crippen molar-refractivity contribution < 1.29 is 39.3 Å². The zero-order valence-electron chi connectivity index (χ0n) is 16.7. The van der Waals surface area contributed by atoms with Gasteiger partial charge in [-0.25, -0.2) is 13.2 Å². The van der Waals surface area contributed by atoms with Gasteiger partial charge < -0.3 is 8.92 Å². The highest BCUT2D eigenvalue weighted by Gasteiger charge is 2.31. The summed E-state index contributed by atoms with van der Waals surface area (Å²) < 4.78 is 103. The normalized spacial score (nSPS) is 11.6. The molecule has 0 fully saturated rings. The average Bonchev–Trinajstić information content (AvgIpc) is 2.83. The number of hydrogen-bond acceptors (Lipinski definition) is 6. The summed E-state index contributed by atoms with van der Waals surface area (Å²) in [6, 6.07) is 8.09. The standard InChI is InChI=1S/C21H10ClF5N2O4S/c1-32-14-7-10(22)2-4-13(14)20-12-5-3-11(6-9(12)8-28-29-20)34(30,31)33-21-18(26)16(24)15(23)17(25)19(21)27/h2-8H,1H3. The molecule has 0 N–H and O–H groups in total. The lowest BCUT2D eigenvalue weighted by Gasteiger charge is -2.12. The molecule has 0 aliphatic heterocycles. The maximum Gasteiger partial charge on any atom is 0.339 e. The number of hydrogen-bond donors (Lipinski definition) is 0. The Kier molecular flexibility index (Phi) is 6.04. The van der Waals surface area contributed by atoms with E-state index in [4.69, 9.17) is 16.3 Å². The van der Waals surface area contributed by atoms with Crippen LogP contribution in [0.5, 0.6) is 11.5 Å². The Morgan fingerprint density at radius 1 is 0.882 bits per heavy atom. The minimum Gasteiger partial charge on any atom is -0.496 e. The molecule has 13 heteroatoms. The van der Waals surface area contributed by atoms with E-state index in [-0.39, 0.29) is 5.39 Å². The van der Waals surface area contributed by atoms with Crippen molar-refractivity contribution in [2.24, 2.45) is 0 Å². The maximum absolute atomic E-state index is 13.9. The van der Waals surface area contributed by atoms with Crippen molar-refractivity contribution in [2.45, 2.75) is 4.90 Å². The molecule has 0 atom stereocenters. The van der Waals surface area contributed by atoms with Crippen molar-refractivity contribution in [2.75, 3.05) is 7.11 Å². The fourth-order valence-electron chi connectivity index (χ4n) is 3.10. The lowest BCUT2D eigenvalue weighted by Crippen LogP contribution is -2.14. The second-order valence-electron chi connectivity index (χ2n) is 6.72. The van der Waals surface area contributed by atoms with E-state index >= 15 is 0 Å². The molecule has 0 radical (unpaired) electrons. The Balaban J connectivity index is 1.81. The number of rotatable bonds is 5. The largest absolute Gasteiger partial charge is 0.496 e. The van der Waals surface area contributed by atoms with Crippen LogP contribution in [0, 0.1) is 29.1 Å². The zero-order chi connectivity index (χ0) is 24.8. The second kappa shape index (κ2) is 8.69. The van der Waals surface area contributed by atoms with Crippen molar-refractivity contribution in [1.29, 1.82) is 0 Å². The highest BCUT2D eigenvalue weighted by molar-refractivity contribution is 7.87. The summed E-state index contributed by atoms with van der Waals surface area (Å²) in [5.41, 5.74) is 0.786. The smallest absolute Gasteiger partial charge is 0.339 e. The van der Waals surface area contributed by atoms with Crippen molar-refractivity contribution in [3.63, 3.8) is 0 Å². The summed E-state index contributed by atoms with van der Waals surface area (Å²) in [4.78, 5) is -0.633. The van der Waals surface area contributed by atoms with Crippen LogP contribution in [0.1, 0.15) is 0 Å². The molecule has 0 aliphatic rings. The first-order valence-electron chi connectivity index (χ1n) is 9.10. The van der Waals surface area contributed by atoms with E-state index in [0.717, 1.165) is 12.1 Å². The molecule has 176 valence electrons. The number of ether oxygens (including phenoxy) is 1. The lowest BCUT2D eigenvalue weighted by atomic mass is 10.0. The van der Waals surface area contributed by atoms with E-state index in [1.54, 1.807) is 12.1 Å². The quantitative estimate of drug-likeness (QED) is 0.152. The summed E-state index contributed by atoms with van der Waals surface area (Å²) in [6.07, 6.45) is 1.21. The van der Waals surface area contributed by atoms with Gasteiger partial charge in [0.05, 0.1) is 13.3 Å². The molecule has 6 nitrogen and oxygen atoms in total. The van der Waals surface area contributed by atoms with E-state index in [0.29, 0.717) is 27.4 Å². The van der Waals surface area contributed by atoms with Gasteiger partial charge in [-0.15, -0.1) is 5.10 Å². The highest BCUT2D eigenvalue weighted by Crippen LogP contribution is 2.36. The number of benzene rings is 3. The zero-order valence-corrected chi connectivity index (χ0v) is 18.3. The summed E-state index contributed by atoms with van der Waals surface area (Å²) in [5.74, 6) is -13.6. The van der Waals surface area contributed by atoms with Crippen LogP contribution in [0.2, 0.25) is 5.02 Å². The van der Waals surface area contributed by atoms with Gasteiger partial charge in [0.1, 0.15) is 16.3 Å². The van der Waals surface area contributed by atoms with Gasteiger partial charge in [0, 0.05) is 21.4 Å². The molecule has 0 amide bonds. The van der Waals surface area contributed by atoms with Crippen molar-refractivity contribution in [3.05, 3.63) is 76.7 Å². The number of methoxy groups -OCH3 is 1. The number of nitrogens with zero attached hydrogens (tertiary/aromatic N) is 2. The molecule has 0 saturated heterocycles. The average molecular weight is 517 g/mol. The molecule has 34 heavy (non-hydrogen) atoms. The van der Waals surface area contributed by atoms with Gasteiger partial charge in [-0.05, 0) is 30.3 Å². The van der Waals surface area contributed by atoms with E-state index in [9.17, 15) is 30.4 Å². The van der Waals surface area contributed by atoms with Crippen molar-refractivity contribution in [1.82, 2.24) is 10.2 Å². The third-order valence-corrected chi connectivity index (χ3v) is 6.16. The van der Waals surface area contributed by atoms with Gasteiger partial charge in [0.25, 0.3) is 0 Å². The first-order chi connectivity index (χ1) is 16.0. The topological polar surface area (TPSA) is 78.4 Å². The summed E-state index contributed by atoms with van der Waals surface area (Å²) in [7, 11) is -3.61. The van der Waals surface area contributed by atoms with Gasteiger partial charge in [-0.2, -0.15) is 22.3 Å². The van der Waals surface area contributed by atoms with Crippen molar-refractivity contribution in [3.8, 4) is 22.8 Å². The summed E-state index contributed by atoms with van der Waals surface area (Å²) in [6.45, 7) is 0. The molecule has 0 spiro atoms. The molecule has 0 saturated carbocycles. The Labute approximate surface area is 193 Å². The van der Waals surface area contributed by atoms with E-state index in [2.05, 4.69) is 14.4 Å². The number of halogens is 6. The molecule has 4 rings (SSSR count). The van der Waals surface area contributed by atoms with Crippen LogP contribution < -0.4 is 8.92 Å². The first-order valence-corrected chi connectivity index (χ1v) is 10.9. The second-order valence-corrected chi connectivity index (χ2v) is 8.71. The lowest BCUT2D eigenvalue weighted by molar-refractivity contribution is 0.346. The van der Waals surface area contributed by atoms with Gasteiger partial charge in [-0.3, -0.25) is 0 Å². The Hall–Kier alpha value is -3.51. The molecule has 1 aromatic heterocycles. The number of aromatic nitrogens is 2. The first kappa shape index (κ1) is 23.6. The van der Waals surface area contributed by atoms with Gasteiger partial charge in [0.15, 0.2) is 0 Å². The Bertz CT molecular complexity index is 1540. The number of fused-ring (bicyclic) bond motifs is 1. The Morgan fingerprint density at radius 2 is 1.53 bits per heavy atom.